The van der Waals surface area contributed by atoms with Crippen LogP contribution in [0, 0.1) is 0 Å². The Balaban J connectivity index is 3.75. The second-order valence-electron chi connectivity index (χ2n) is 2.09. The van der Waals surface area contributed by atoms with E-state index >= 15 is 0 Å². The lowest BCUT2D eigenvalue weighted by Crippen LogP contribution is -1.84. The average Bonchev–Trinajstić information content (AvgIpc) is 2.09. The molecule has 0 fully saturated rings. The Hall–Kier alpha value is -1.83. The molecule has 0 rings (SSSR count). The predicted molar refractivity (Wildman–Crippen MR) is 54.4 cm³/mol. The Labute approximate surface area is 77.9 Å². The standard InChI is InChI=1S/C11H12O2/c1-2-3-4-5-6-7-8-9-10-11(12)13/h2-10H,1H2,(H,12,13)/b4-3+,6-5+,8-7+,10-9+. The molecule has 0 saturated heterocycles. The van der Waals surface area contributed by atoms with Crippen LogP contribution in [0.25, 0.3) is 0 Å². The molecular formula is C11H12O2. The molecule has 2 nitrogen and oxygen atoms in total. The van der Waals surface area contributed by atoms with Gasteiger partial charge < -0.3 is 5.11 Å². The Morgan fingerprint density at radius 3 is 1.85 bits per heavy atom. The molecule has 0 aliphatic rings. The van der Waals surface area contributed by atoms with Crippen LogP contribution in [0.4, 0.5) is 0 Å². The minimum absolute atomic E-state index is 0.944. The predicted octanol–water partition coefficient (Wildman–Crippen LogP) is 2.48. The normalized spacial score (nSPS) is 12.3. The zero-order valence-electron chi connectivity index (χ0n) is 7.26. The molecule has 0 aliphatic carbocycles. The van der Waals surface area contributed by atoms with Crippen LogP contribution in [0.15, 0.2) is 61.3 Å². The van der Waals surface area contributed by atoms with Gasteiger partial charge in [0.05, 0.1) is 0 Å². The zero-order valence-corrected chi connectivity index (χ0v) is 7.26. The van der Waals surface area contributed by atoms with E-state index in [9.17, 15) is 4.79 Å². The van der Waals surface area contributed by atoms with Crippen LogP contribution >= 0.6 is 0 Å². The van der Waals surface area contributed by atoms with Crippen LogP contribution in [-0.4, -0.2) is 11.1 Å². The van der Waals surface area contributed by atoms with E-state index in [1.165, 1.54) is 6.08 Å². The highest BCUT2D eigenvalue weighted by atomic mass is 16.4. The van der Waals surface area contributed by atoms with E-state index in [2.05, 4.69) is 6.58 Å². The Morgan fingerprint density at radius 2 is 1.38 bits per heavy atom. The van der Waals surface area contributed by atoms with Crippen molar-refractivity contribution in [2.45, 2.75) is 0 Å². The maximum absolute atomic E-state index is 10.0. The third kappa shape index (κ3) is 10.2. The van der Waals surface area contributed by atoms with Crippen LogP contribution in [0.3, 0.4) is 0 Å². The number of allylic oxidation sites excluding steroid dienone is 8. The van der Waals surface area contributed by atoms with Gasteiger partial charge in [0, 0.05) is 6.08 Å². The summed E-state index contributed by atoms with van der Waals surface area (Å²) >= 11 is 0. The summed E-state index contributed by atoms with van der Waals surface area (Å²) in [6.07, 6.45) is 14.9. The molecular weight excluding hydrogens is 164 g/mol. The van der Waals surface area contributed by atoms with E-state index in [1.54, 1.807) is 30.4 Å². The average molecular weight is 176 g/mol. The lowest BCUT2D eigenvalue weighted by Gasteiger charge is -1.74. The molecule has 0 unspecified atom stereocenters. The minimum Gasteiger partial charge on any atom is -0.478 e. The summed E-state index contributed by atoms with van der Waals surface area (Å²) in [4.78, 5) is 10.0. The van der Waals surface area contributed by atoms with Gasteiger partial charge in [0.15, 0.2) is 0 Å². The smallest absolute Gasteiger partial charge is 0.328 e. The van der Waals surface area contributed by atoms with Crippen molar-refractivity contribution in [2.24, 2.45) is 0 Å². The highest BCUT2D eigenvalue weighted by molar-refractivity contribution is 5.80. The van der Waals surface area contributed by atoms with E-state index in [4.69, 9.17) is 5.11 Å². The van der Waals surface area contributed by atoms with Gasteiger partial charge in [-0.05, 0) is 0 Å². The van der Waals surface area contributed by atoms with Crippen LogP contribution in [0.2, 0.25) is 0 Å². The van der Waals surface area contributed by atoms with Gasteiger partial charge in [-0.15, -0.1) is 0 Å². The van der Waals surface area contributed by atoms with Crippen LogP contribution in [0.1, 0.15) is 0 Å². The first kappa shape index (κ1) is 11.2. The van der Waals surface area contributed by atoms with Gasteiger partial charge >= 0.3 is 5.97 Å². The van der Waals surface area contributed by atoms with E-state index in [-0.39, 0.29) is 0 Å². The molecule has 0 aliphatic heterocycles. The number of carboxylic acid groups (broad SMARTS) is 1. The summed E-state index contributed by atoms with van der Waals surface area (Å²) < 4.78 is 0. The van der Waals surface area contributed by atoms with Crippen molar-refractivity contribution in [2.75, 3.05) is 0 Å². The summed E-state index contributed by atoms with van der Waals surface area (Å²) in [6.45, 7) is 3.51. The van der Waals surface area contributed by atoms with E-state index in [1.807, 2.05) is 12.2 Å². The van der Waals surface area contributed by atoms with E-state index in [0.717, 1.165) is 6.08 Å². The summed E-state index contributed by atoms with van der Waals surface area (Å²) in [5, 5.41) is 8.23. The Bertz CT molecular complexity index is 268. The largest absolute Gasteiger partial charge is 0.478 e. The fraction of sp³-hybridized carbons (Fsp3) is 0. The molecule has 13 heavy (non-hydrogen) atoms. The molecule has 0 aromatic heterocycles. The van der Waals surface area contributed by atoms with E-state index in [0.29, 0.717) is 0 Å². The zero-order chi connectivity index (χ0) is 9.94. The van der Waals surface area contributed by atoms with Crippen LogP contribution < -0.4 is 0 Å². The number of hydrogen-bond donors (Lipinski definition) is 1. The molecule has 0 atom stereocenters. The van der Waals surface area contributed by atoms with Gasteiger partial charge in [-0.2, -0.15) is 0 Å². The van der Waals surface area contributed by atoms with Gasteiger partial charge in [0.25, 0.3) is 0 Å². The fourth-order valence-corrected chi connectivity index (χ4v) is 0.537. The number of hydrogen-bond acceptors (Lipinski definition) is 1. The van der Waals surface area contributed by atoms with Gasteiger partial charge in [0.2, 0.25) is 0 Å². The number of rotatable bonds is 5. The molecule has 0 spiro atoms. The van der Waals surface area contributed by atoms with Gasteiger partial charge in [-0.3, -0.25) is 0 Å². The monoisotopic (exact) mass is 176 g/mol. The molecule has 0 saturated carbocycles. The molecule has 68 valence electrons. The first-order valence-electron chi connectivity index (χ1n) is 3.79. The molecule has 1 N–H and O–H groups in total. The van der Waals surface area contributed by atoms with Crippen molar-refractivity contribution in [3.05, 3.63) is 61.3 Å². The molecule has 0 aromatic carbocycles. The molecule has 0 radical (unpaired) electrons. The fourth-order valence-electron chi connectivity index (χ4n) is 0.537. The second kappa shape index (κ2) is 8.27. The van der Waals surface area contributed by atoms with Gasteiger partial charge in [0.1, 0.15) is 0 Å². The lowest BCUT2D eigenvalue weighted by molar-refractivity contribution is -0.131. The topological polar surface area (TPSA) is 37.3 Å². The van der Waals surface area contributed by atoms with Crippen molar-refractivity contribution >= 4 is 5.97 Å². The van der Waals surface area contributed by atoms with E-state index < -0.39 is 5.97 Å². The Morgan fingerprint density at radius 1 is 0.923 bits per heavy atom. The van der Waals surface area contributed by atoms with Crippen molar-refractivity contribution in [3.8, 4) is 0 Å². The summed E-state index contributed by atoms with van der Waals surface area (Å²) in [5.74, 6) is -0.944. The molecule has 0 bridgehead atoms. The van der Waals surface area contributed by atoms with Crippen molar-refractivity contribution < 1.29 is 9.90 Å². The van der Waals surface area contributed by atoms with Crippen LogP contribution in [0.5, 0.6) is 0 Å². The second-order valence-corrected chi connectivity index (χ2v) is 2.09. The summed E-state index contributed by atoms with van der Waals surface area (Å²) in [6, 6.07) is 0. The molecule has 0 aromatic rings. The molecule has 2 heteroatoms. The first-order valence-corrected chi connectivity index (χ1v) is 3.79. The quantitative estimate of drug-likeness (QED) is 0.516. The molecule has 0 heterocycles. The summed E-state index contributed by atoms with van der Waals surface area (Å²) in [7, 11) is 0. The first-order chi connectivity index (χ1) is 6.27. The Kier molecular flexibility index (Phi) is 7.10. The van der Waals surface area contributed by atoms with Crippen LogP contribution in [-0.2, 0) is 4.79 Å². The third-order valence-corrected chi connectivity index (χ3v) is 1.04. The van der Waals surface area contributed by atoms with Gasteiger partial charge in [-0.1, -0.05) is 55.2 Å². The maximum atomic E-state index is 10.0. The SMILES string of the molecule is C=C/C=C/C=C/C=C/C=C/C(=O)O. The number of carbonyl (C=O) groups is 1. The highest BCUT2D eigenvalue weighted by Crippen LogP contribution is 1.82. The molecule has 0 amide bonds. The number of carboxylic acids is 1. The minimum atomic E-state index is -0.944. The van der Waals surface area contributed by atoms with Crippen molar-refractivity contribution in [1.82, 2.24) is 0 Å². The lowest BCUT2D eigenvalue weighted by atomic mass is 10.4. The van der Waals surface area contributed by atoms with Gasteiger partial charge in [-0.25, -0.2) is 4.79 Å². The highest BCUT2D eigenvalue weighted by Gasteiger charge is 1.78. The number of aliphatic carboxylic acids is 1. The maximum Gasteiger partial charge on any atom is 0.328 e. The van der Waals surface area contributed by atoms with Crippen molar-refractivity contribution in [3.63, 3.8) is 0 Å². The summed E-state index contributed by atoms with van der Waals surface area (Å²) in [5.41, 5.74) is 0. The third-order valence-electron chi connectivity index (χ3n) is 1.04. The van der Waals surface area contributed by atoms with Crippen molar-refractivity contribution in [1.29, 1.82) is 0 Å².